The number of hydrogen-bond acceptors (Lipinski definition) is 3. The fourth-order valence-corrected chi connectivity index (χ4v) is 2.41. The number of piperazine rings is 1. The average molecular weight is 246 g/mol. The maximum atomic E-state index is 9.27. The van der Waals surface area contributed by atoms with Gasteiger partial charge in [0, 0.05) is 31.9 Å². The number of nitrogens with zero attached hydrogens (tertiary/aromatic N) is 2. The van der Waals surface area contributed by atoms with Crippen molar-refractivity contribution >= 4 is 5.69 Å². The van der Waals surface area contributed by atoms with E-state index in [4.69, 9.17) is 0 Å². The molecule has 0 unspecified atom stereocenters. The van der Waals surface area contributed by atoms with Crippen LogP contribution in [0.4, 0.5) is 5.69 Å². The first-order chi connectivity index (χ1) is 8.74. The molecule has 0 radical (unpaired) electrons. The predicted octanol–water partition coefficient (Wildman–Crippen LogP) is 1.66. The highest BCUT2D eigenvalue weighted by Crippen LogP contribution is 2.18. The summed E-state index contributed by atoms with van der Waals surface area (Å²) in [5.74, 6) is 0. The van der Waals surface area contributed by atoms with E-state index in [2.05, 4.69) is 47.6 Å². The van der Waals surface area contributed by atoms with E-state index in [1.54, 1.807) is 0 Å². The van der Waals surface area contributed by atoms with Crippen LogP contribution in [0.25, 0.3) is 0 Å². The monoisotopic (exact) mass is 246 g/mol. The summed E-state index contributed by atoms with van der Waals surface area (Å²) in [4.78, 5) is 4.69. The topological polar surface area (TPSA) is 26.7 Å². The molecule has 1 atom stereocenters. The minimum Gasteiger partial charge on any atom is -0.394 e. The standard InChI is InChI=1S/C15H22N2O/c1-3-14(12-18)16-8-10-17(11-9-16)15-6-4-13(2)5-7-15/h3-7,14,18H,1,8-12H2,2H3/t14-/m0/s1. The zero-order chi connectivity index (χ0) is 13.0. The lowest BCUT2D eigenvalue weighted by Gasteiger charge is -2.38. The van der Waals surface area contributed by atoms with Gasteiger partial charge in [-0.15, -0.1) is 6.58 Å². The van der Waals surface area contributed by atoms with Crippen molar-refractivity contribution in [1.82, 2.24) is 4.90 Å². The van der Waals surface area contributed by atoms with Gasteiger partial charge in [0.05, 0.1) is 12.6 Å². The van der Waals surface area contributed by atoms with Crippen LogP contribution in [0, 0.1) is 6.92 Å². The zero-order valence-electron chi connectivity index (χ0n) is 11.0. The molecule has 0 spiro atoms. The lowest BCUT2D eigenvalue weighted by atomic mass is 10.1. The number of hydrogen-bond donors (Lipinski definition) is 1. The molecule has 0 aromatic heterocycles. The number of aliphatic hydroxyl groups excluding tert-OH is 1. The molecule has 0 saturated carbocycles. The fourth-order valence-electron chi connectivity index (χ4n) is 2.41. The zero-order valence-corrected chi connectivity index (χ0v) is 11.0. The Bertz CT molecular complexity index is 380. The molecule has 98 valence electrons. The maximum Gasteiger partial charge on any atom is 0.0622 e. The molecule has 3 heteroatoms. The molecule has 2 rings (SSSR count). The molecule has 1 heterocycles. The van der Waals surface area contributed by atoms with E-state index in [0.717, 1.165) is 26.2 Å². The lowest BCUT2D eigenvalue weighted by molar-refractivity contribution is 0.145. The van der Waals surface area contributed by atoms with E-state index in [1.807, 2.05) is 6.08 Å². The molecule has 1 saturated heterocycles. The highest BCUT2D eigenvalue weighted by atomic mass is 16.3. The second-order valence-corrected chi connectivity index (χ2v) is 4.84. The van der Waals surface area contributed by atoms with Crippen LogP contribution in [0.3, 0.4) is 0 Å². The summed E-state index contributed by atoms with van der Waals surface area (Å²) in [5.41, 5.74) is 2.59. The average Bonchev–Trinajstić information content (AvgIpc) is 2.42. The Balaban J connectivity index is 1.94. The summed E-state index contributed by atoms with van der Waals surface area (Å²) in [6.07, 6.45) is 1.83. The van der Waals surface area contributed by atoms with Crippen LogP contribution in [0.1, 0.15) is 5.56 Å². The summed E-state index contributed by atoms with van der Waals surface area (Å²) < 4.78 is 0. The molecular formula is C15H22N2O. The van der Waals surface area contributed by atoms with Gasteiger partial charge in [-0.3, -0.25) is 4.90 Å². The van der Waals surface area contributed by atoms with E-state index in [1.165, 1.54) is 11.3 Å². The Kier molecular flexibility index (Phi) is 4.39. The molecule has 1 aliphatic rings. The Morgan fingerprint density at radius 1 is 1.22 bits per heavy atom. The molecule has 0 bridgehead atoms. The normalized spacial score (nSPS) is 18.7. The highest BCUT2D eigenvalue weighted by Gasteiger charge is 2.21. The minimum atomic E-state index is 0.102. The van der Waals surface area contributed by atoms with Gasteiger partial charge < -0.3 is 10.0 Å². The molecule has 1 aromatic rings. The number of benzene rings is 1. The largest absolute Gasteiger partial charge is 0.394 e. The van der Waals surface area contributed by atoms with Gasteiger partial charge in [-0.1, -0.05) is 23.8 Å². The Morgan fingerprint density at radius 2 is 1.83 bits per heavy atom. The summed E-state index contributed by atoms with van der Waals surface area (Å²) in [6.45, 7) is 10.0. The van der Waals surface area contributed by atoms with Crippen LogP contribution in [-0.2, 0) is 0 Å². The van der Waals surface area contributed by atoms with E-state index in [9.17, 15) is 5.11 Å². The van der Waals surface area contributed by atoms with Gasteiger partial charge in [0.2, 0.25) is 0 Å². The first-order valence-corrected chi connectivity index (χ1v) is 6.53. The molecule has 1 aliphatic heterocycles. The van der Waals surface area contributed by atoms with Gasteiger partial charge in [-0.05, 0) is 19.1 Å². The first-order valence-electron chi connectivity index (χ1n) is 6.53. The van der Waals surface area contributed by atoms with Gasteiger partial charge in [0.15, 0.2) is 0 Å². The predicted molar refractivity (Wildman–Crippen MR) is 76.0 cm³/mol. The van der Waals surface area contributed by atoms with Gasteiger partial charge >= 0.3 is 0 Å². The number of aliphatic hydroxyl groups is 1. The van der Waals surface area contributed by atoms with E-state index < -0.39 is 0 Å². The second kappa shape index (κ2) is 6.03. The summed E-state index contributed by atoms with van der Waals surface area (Å²) >= 11 is 0. The highest BCUT2D eigenvalue weighted by molar-refractivity contribution is 5.47. The van der Waals surface area contributed by atoms with Crippen LogP contribution in [0.2, 0.25) is 0 Å². The third kappa shape index (κ3) is 2.92. The van der Waals surface area contributed by atoms with Crippen LogP contribution in [-0.4, -0.2) is 48.8 Å². The molecule has 18 heavy (non-hydrogen) atoms. The van der Waals surface area contributed by atoms with Crippen molar-refractivity contribution in [3.63, 3.8) is 0 Å². The van der Waals surface area contributed by atoms with Crippen LogP contribution < -0.4 is 4.90 Å². The molecule has 0 amide bonds. The quantitative estimate of drug-likeness (QED) is 0.819. The molecule has 1 fully saturated rings. The third-order valence-electron chi connectivity index (χ3n) is 3.64. The Labute approximate surface area is 109 Å². The van der Waals surface area contributed by atoms with E-state index in [0.29, 0.717) is 0 Å². The van der Waals surface area contributed by atoms with Crippen molar-refractivity contribution in [3.05, 3.63) is 42.5 Å². The smallest absolute Gasteiger partial charge is 0.0622 e. The number of aryl methyl sites for hydroxylation is 1. The van der Waals surface area contributed by atoms with Gasteiger partial charge in [-0.25, -0.2) is 0 Å². The summed E-state index contributed by atoms with van der Waals surface area (Å²) in [7, 11) is 0. The summed E-state index contributed by atoms with van der Waals surface area (Å²) in [6, 6.07) is 8.78. The second-order valence-electron chi connectivity index (χ2n) is 4.84. The van der Waals surface area contributed by atoms with Crippen molar-refractivity contribution in [3.8, 4) is 0 Å². The van der Waals surface area contributed by atoms with Crippen molar-refractivity contribution < 1.29 is 5.11 Å². The lowest BCUT2D eigenvalue weighted by Crippen LogP contribution is -2.50. The molecular weight excluding hydrogens is 224 g/mol. The van der Waals surface area contributed by atoms with Crippen LogP contribution >= 0.6 is 0 Å². The summed E-state index contributed by atoms with van der Waals surface area (Å²) in [5, 5.41) is 9.27. The van der Waals surface area contributed by atoms with Crippen molar-refractivity contribution in [2.45, 2.75) is 13.0 Å². The number of anilines is 1. The van der Waals surface area contributed by atoms with Gasteiger partial charge in [0.25, 0.3) is 0 Å². The molecule has 1 N–H and O–H groups in total. The molecule has 3 nitrogen and oxygen atoms in total. The molecule has 1 aromatic carbocycles. The maximum absolute atomic E-state index is 9.27. The van der Waals surface area contributed by atoms with Crippen molar-refractivity contribution in [1.29, 1.82) is 0 Å². The SMILES string of the molecule is C=C[C@@H](CO)N1CCN(c2ccc(C)cc2)CC1. The third-order valence-corrected chi connectivity index (χ3v) is 3.64. The van der Waals surface area contributed by atoms with Crippen LogP contribution in [0.15, 0.2) is 36.9 Å². The Hall–Kier alpha value is -1.32. The Morgan fingerprint density at radius 3 is 2.33 bits per heavy atom. The first kappa shape index (κ1) is 13.1. The number of rotatable bonds is 4. The van der Waals surface area contributed by atoms with Gasteiger partial charge in [-0.2, -0.15) is 0 Å². The minimum absolute atomic E-state index is 0.102. The van der Waals surface area contributed by atoms with Gasteiger partial charge in [0.1, 0.15) is 0 Å². The van der Waals surface area contributed by atoms with E-state index in [-0.39, 0.29) is 12.6 Å². The van der Waals surface area contributed by atoms with Crippen molar-refractivity contribution in [2.75, 3.05) is 37.7 Å². The van der Waals surface area contributed by atoms with Crippen molar-refractivity contribution in [2.24, 2.45) is 0 Å². The van der Waals surface area contributed by atoms with Crippen LogP contribution in [0.5, 0.6) is 0 Å². The van der Waals surface area contributed by atoms with E-state index >= 15 is 0 Å². The molecule has 0 aliphatic carbocycles. The fraction of sp³-hybridized carbons (Fsp3) is 0.467.